The van der Waals surface area contributed by atoms with Gasteiger partial charge in [0.15, 0.2) is 0 Å². The first-order valence-corrected chi connectivity index (χ1v) is 9.79. The van der Waals surface area contributed by atoms with Gasteiger partial charge in [-0.15, -0.1) is 0 Å². The van der Waals surface area contributed by atoms with Gasteiger partial charge in [0.2, 0.25) is 11.8 Å². The van der Waals surface area contributed by atoms with Gasteiger partial charge in [0.1, 0.15) is 0 Å². The van der Waals surface area contributed by atoms with Crippen LogP contribution >= 0.6 is 0 Å². The van der Waals surface area contributed by atoms with Crippen LogP contribution in [0.1, 0.15) is 43.0 Å². The summed E-state index contributed by atoms with van der Waals surface area (Å²) >= 11 is 0. The first-order chi connectivity index (χ1) is 13.0. The second-order valence-corrected chi connectivity index (χ2v) is 7.81. The van der Waals surface area contributed by atoms with Crippen LogP contribution in [-0.2, 0) is 9.59 Å². The molecule has 3 amide bonds. The van der Waals surface area contributed by atoms with Crippen molar-refractivity contribution in [3.63, 3.8) is 0 Å². The number of carbonyl (C=O) groups excluding carboxylic acids is 3. The van der Waals surface area contributed by atoms with Gasteiger partial charge in [-0.3, -0.25) is 14.4 Å². The zero-order chi connectivity index (χ0) is 19.0. The third-order valence-electron chi connectivity index (χ3n) is 5.94. The molecule has 0 bridgehead atoms. The number of amides is 3. The average molecular weight is 370 g/mol. The third-order valence-corrected chi connectivity index (χ3v) is 5.94. The maximum Gasteiger partial charge on any atom is 0.253 e. The van der Waals surface area contributed by atoms with Crippen LogP contribution in [0.4, 0.5) is 11.4 Å². The highest BCUT2D eigenvalue weighted by molar-refractivity contribution is 6.03. The second-order valence-electron chi connectivity index (χ2n) is 7.81. The number of nitrogens with one attached hydrogen (secondary N) is 2. The third kappa shape index (κ3) is 3.15. The van der Waals surface area contributed by atoms with Gasteiger partial charge in [0.05, 0.1) is 23.3 Å². The summed E-state index contributed by atoms with van der Waals surface area (Å²) in [4.78, 5) is 41.4. The number of hydrogen-bond acceptors (Lipinski definition) is 4. The van der Waals surface area contributed by atoms with Crippen LogP contribution in [0, 0.1) is 5.41 Å². The molecule has 2 saturated heterocycles. The molecular formula is C20H26N4O3. The molecule has 0 aliphatic carbocycles. The number of carbonyl (C=O) groups is 3. The predicted molar refractivity (Wildman–Crippen MR) is 103 cm³/mol. The van der Waals surface area contributed by atoms with E-state index in [1.807, 2.05) is 11.0 Å². The lowest BCUT2D eigenvalue weighted by molar-refractivity contribution is -0.145. The topological polar surface area (TPSA) is 81.8 Å². The molecule has 3 heterocycles. The van der Waals surface area contributed by atoms with E-state index in [0.29, 0.717) is 24.3 Å². The lowest BCUT2D eigenvalue weighted by Gasteiger charge is -2.39. The van der Waals surface area contributed by atoms with Crippen LogP contribution in [0.5, 0.6) is 0 Å². The van der Waals surface area contributed by atoms with E-state index in [9.17, 15) is 14.4 Å². The zero-order valence-corrected chi connectivity index (χ0v) is 15.7. The summed E-state index contributed by atoms with van der Waals surface area (Å²) in [5, 5.41) is 5.83. The van der Waals surface area contributed by atoms with Gasteiger partial charge in [-0.2, -0.15) is 0 Å². The van der Waals surface area contributed by atoms with Crippen molar-refractivity contribution in [3.05, 3.63) is 23.8 Å². The molecule has 0 saturated carbocycles. The Kier molecular flexibility index (Phi) is 4.53. The van der Waals surface area contributed by atoms with Gasteiger partial charge in [-0.05, 0) is 43.9 Å². The van der Waals surface area contributed by atoms with E-state index in [2.05, 4.69) is 17.6 Å². The van der Waals surface area contributed by atoms with Crippen molar-refractivity contribution in [2.24, 2.45) is 5.41 Å². The number of fused-ring (bicyclic) bond motifs is 1. The molecule has 7 heteroatoms. The minimum atomic E-state index is -0.410. The normalized spacial score (nSPS) is 24.6. The number of nitrogens with zero attached hydrogens (tertiary/aromatic N) is 2. The molecule has 1 aromatic carbocycles. The molecule has 27 heavy (non-hydrogen) atoms. The molecule has 3 aliphatic heterocycles. The number of likely N-dealkylation sites (tertiary alicyclic amines) is 2. The van der Waals surface area contributed by atoms with Gasteiger partial charge in [-0.25, -0.2) is 0 Å². The van der Waals surface area contributed by atoms with E-state index in [4.69, 9.17) is 0 Å². The molecule has 1 spiro atoms. The second kappa shape index (κ2) is 6.87. The molecule has 3 aliphatic rings. The molecule has 144 valence electrons. The fourth-order valence-corrected chi connectivity index (χ4v) is 4.55. The van der Waals surface area contributed by atoms with Crippen LogP contribution in [-0.4, -0.2) is 60.2 Å². The molecule has 0 unspecified atom stereocenters. The molecule has 2 N–H and O–H groups in total. The minimum Gasteiger partial charge on any atom is -0.374 e. The van der Waals surface area contributed by atoms with Gasteiger partial charge in [0.25, 0.3) is 5.91 Å². The summed E-state index contributed by atoms with van der Waals surface area (Å²) in [6, 6.07) is 5.32. The van der Waals surface area contributed by atoms with Crippen molar-refractivity contribution < 1.29 is 14.4 Å². The van der Waals surface area contributed by atoms with Crippen molar-refractivity contribution >= 4 is 29.1 Å². The Bertz CT molecular complexity index is 791. The van der Waals surface area contributed by atoms with E-state index in [1.165, 1.54) is 0 Å². The highest BCUT2D eigenvalue weighted by Gasteiger charge is 2.49. The Morgan fingerprint density at radius 2 is 2.04 bits per heavy atom. The van der Waals surface area contributed by atoms with Crippen LogP contribution < -0.4 is 10.6 Å². The Labute approximate surface area is 159 Å². The summed E-state index contributed by atoms with van der Waals surface area (Å²) in [6.07, 6.45) is 3.56. The van der Waals surface area contributed by atoms with Gasteiger partial charge < -0.3 is 20.4 Å². The molecule has 0 radical (unpaired) electrons. The van der Waals surface area contributed by atoms with E-state index in [0.717, 1.165) is 44.5 Å². The Morgan fingerprint density at radius 3 is 2.85 bits per heavy atom. The minimum absolute atomic E-state index is 0.0742. The van der Waals surface area contributed by atoms with Gasteiger partial charge in [0, 0.05) is 31.7 Å². The van der Waals surface area contributed by atoms with Crippen molar-refractivity contribution in [1.29, 1.82) is 0 Å². The number of anilines is 2. The Morgan fingerprint density at radius 1 is 1.19 bits per heavy atom. The van der Waals surface area contributed by atoms with Crippen molar-refractivity contribution in [3.8, 4) is 0 Å². The average Bonchev–Trinajstić information content (AvgIpc) is 3.09. The van der Waals surface area contributed by atoms with Crippen LogP contribution in [0.2, 0.25) is 0 Å². The molecular weight excluding hydrogens is 344 g/mol. The summed E-state index contributed by atoms with van der Waals surface area (Å²) in [6.45, 7) is 5.05. The molecule has 7 nitrogen and oxygen atoms in total. The SMILES string of the molecule is CCCN1CCC[C@]2(CCN(C(=O)c3ccc4c(c3)NC(=O)CN4)C2)C1=O. The highest BCUT2D eigenvalue weighted by Crippen LogP contribution is 2.40. The number of benzene rings is 1. The zero-order valence-electron chi connectivity index (χ0n) is 15.7. The predicted octanol–water partition coefficient (Wildman–Crippen LogP) is 1.92. The number of hydrogen-bond donors (Lipinski definition) is 2. The molecule has 2 fully saturated rings. The van der Waals surface area contributed by atoms with Crippen LogP contribution in [0.25, 0.3) is 0 Å². The highest BCUT2D eigenvalue weighted by atomic mass is 16.2. The summed E-state index contributed by atoms with van der Waals surface area (Å²) in [5.41, 5.74) is 1.59. The Hall–Kier alpha value is -2.57. The lowest BCUT2D eigenvalue weighted by Crippen LogP contribution is -2.50. The summed E-state index contributed by atoms with van der Waals surface area (Å²) < 4.78 is 0. The Balaban J connectivity index is 1.50. The summed E-state index contributed by atoms with van der Waals surface area (Å²) in [5.74, 6) is 0.0266. The standard InChI is InChI=1S/C20H26N4O3/c1-2-8-23-9-3-6-20(19(23)27)7-10-24(13-20)18(26)14-4-5-15-16(11-14)22-17(25)12-21-15/h4-5,11,21H,2-3,6-10,12-13H2,1H3,(H,22,25)/t20-/m1/s1. The number of rotatable bonds is 3. The molecule has 1 atom stereocenters. The van der Waals surface area contributed by atoms with E-state index >= 15 is 0 Å². The summed E-state index contributed by atoms with van der Waals surface area (Å²) in [7, 11) is 0. The van der Waals surface area contributed by atoms with E-state index in [1.54, 1.807) is 17.0 Å². The fraction of sp³-hybridized carbons (Fsp3) is 0.550. The molecule has 4 rings (SSSR count). The fourth-order valence-electron chi connectivity index (χ4n) is 4.55. The number of piperidine rings is 1. The van der Waals surface area contributed by atoms with Crippen molar-refractivity contribution in [1.82, 2.24) is 9.80 Å². The van der Waals surface area contributed by atoms with Crippen molar-refractivity contribution in [2.45, 2.75) is 32.6 Å². The first kappa shape index (κ1) is 17.8. The lowest BCUT2D eigenvalue weighted by atomic mass is 9.78. The van der Waals surface area contributed by atoms with Crippen LogP contribution in [0.15, 0.2) is 18.2 Å². The quantitative estimate of drug-likeness (QED) is 0.852. The largest absolute Gasteiger partial charge is 0.374 e. The maximum absolute atomic E-state index is 13.0. The van der Waals surface area contributed by atoms with Gasteiger partial charge >= 0.3 is 0 Å². The van der Waals surface area contributed by atoms with Crippen molar-refractivity contribution in [2.75, 3.05) is 43.4 Å². The maximum atomic E-state index is 13.0. The van der Waals surface area contributed by atoms with E-state index < -0.39 is 5.41 Å². The first-order valence-electron chi connectivity index (χ1n) is 9.79. The smallest absolute Gasteiger partial charge is 0.253 e. The van der Waals surface area contributed by atoms with Crippen LogP contribution in [0.3, 0.4) is 0 Å². The van der Waals surface area contributed by atoms with Gasteiger partial charge in [-0.1, -0.05) is 6.92 Å². The molecule has 1 aromatic rings. The molecule has 0 aromatic heterocycles. The monoisotopic (exact) mass is 370 g/mol. The van der Waals surface area contributed by atoms with E-state index in [-0.39, 0.29) is 24.3 Å².